The highest BCUT2D eigenvalue weighted by molar-refractivity contribution is 5.92. The van der Waals surface area contributed by atoms with Crippen molar-refractivity contribution >= 4 is 17.6 Å². The molecule has 1 amide bonds. The summed E-state index contributed by atoms with van der Waals surface area (Å²) in [6.07, 6.45) is 1.92. The summed E-state index contributed by atoms with van der Waals surface area (Å²) in [6, 6.07) is 7.02. The Balaban J connectivity index is 2.02. The number of hydrogen-bond acceptors (Lipinski definition) is 3. The lowest BCUT2D eigenvalue weighted by atomic mass is 9.85. The SMILES string of the molecule is CC(C)(C(=O)O)c1ccc(NC(=O)C2CCCNC2)cc1. The fourth-order valence-electron chi connectivity index (χ4n) is 2.41. The molecule has 0 bridgehead atoms. The molecule has 1 aromatic rings. The minimum absolute atomic E-state index is 0.00823. The van der Waals surface area contributed by atoms with Gasteiger partial charge in [-0.1, -0.05) is 12.1 Å². The molecule has 21 heavy (non-hydrogen) atoms. The van der Waals surface area contributed by atoms with E-state index in [1.54, 1.807) is 38.1 Å². The minimum atomic E-state index is -0.935. The summed E-state index contributed by atoms with van der Waals surface area (Å²) in [7, 11) is 0. The van der Waals surface area contributed by atoms with E-state index in [1.807, 2.05) is 0 Å². The van der Waals surface area contributed by atoms with Crippen LogP contribution in [0.2, 0.25) is 0 Å². The second kappa shape index (κ2) is 6.26. The van der Waals surface area contributed by atoms with Crippen molar-refractivity contribution in [1.29, 1.82) is 0 Å². The molecule has 1 saturated heterocycles. The first-order valence-electron chi connectivity index (χ1n) is 7.27. The fourth-order valence-corrected chi connectivity index (χ4v) is 2.41. The first-order chi connectivity index (χ1) is 9.91. The number of carboxylic acid groups (broad SMARTS) is 1. The van der Waals surface area contributed by atoms with Gasteiger partial charge in [-0.3, -0.25) is 9.59 Å². The minimum Gasteiger partial charge on any atom is -0.481 e. The second-order valence-corrected chi connectivity index (χ2v) is 6.04. The average Bonchev–Trinajstić information content (AvgIpc) is 2.48. The van der Waals surface area contributed by atoms with Crippen LogP contribution in [0.15, 0.2) is 24.3 Å². The molecule has 5 nitrogen and oxygen atoms in total. The van der Waals surface area contributed by atoms with Gasteiger partial charge in [0.05, 0.1) is 11.3 Å². The molecular formula is C16H22N2O3. The van der Waals surface area contributed by atoms with Crippen molar-refractivity contribution in [3.8, 4) is 0 Å². The molecule has 5 heteroatoms. The van der Waals surface area contributed by atoms with Crippen LogP contribution in [-0.4, -0.2) is 30.1 Å². The number of piperidine rings is 1. The molecule has 0 aromatic heterocycles. The predicted molar refractivity (Wildman–Crippen MR) is 81.3 cm³/mol. The van der Waals surface area contributed by atoms with Crippen LogP contribution in [0.1, 0.15) is 32.3 Å². The fraction of sp³-hybridized carbons (Fsp3) is 0.500. The Morgan fingerprint density at radius 3 is 2.48 bits per heavy atom. The third kappa shape index (κ3) is 3.61. The van der Waals surface area contributed by atoms with E-state index in [2.05, 4.69) is 10.6 Å². The molecule has 0 aliphatic carbocycles. The normalized spacial score (nSPS) is 19.0. The van der Waals surface area contributed by atoms with E-state index < -0.39 is 11.4 Å². The highest BCUT2D eigenvalue weighted by Crippen LogP contribution is 2.25. The Labute approximate surface area is 124 Å². The predicted octanol–water partition coefficient (Wildman–Crippen LogP) is 1.99. The first kappa shape index (κ1) is 15.5. The Kier molecular flexibility index (Phi) is 4.63. The molecular weight excluding hydrogens is 268 g/mol. The van der Waals surface area contributed by atoms with Crippen molar-refractivity contribution in [3.05, 3.63) is 29.8 Å². The molecule has 0 saturated carbocycles. The molecule has 1 unspecified atom stereocenters. The zero-order valence-corrected chi connectivity index (χ0v) is 12.5. The van der Waals surface area contributed by atoms with Gasteiger partial charge in [-0.05, 0) is 50.9 Å². The topological polar surface area (TPSA) is 78.4 Å². The summed E-state index contributed by atoms with van der Waals surface area (Å²) in [5.74, 6) is -0.839. The van der Waals surface area contributed by atoms with Gasteiger partial charge in [0.15, 0.2) is 0 Å². The van der Waals surface area contributed by atoms with Crippen molar-refractivity contribution in [2.75, 3.05) is 18.4 Å². The second-order valence-electron chi connectivity index (χ2n) is 6.04. The van der Waals surface area contributed by atoms with Crippen molar-refractivity contribution < 1.29 is 14.7 Å². The third-order valence-electron chi connectivity index (χ3n) is 4.08. The number of rotatable bonds is 4. The third-order valence-corrected chi connectivity index (χ3v) is 4.08. The molecule has 0 spiro atoms. The number of carbonyl (C=O) groups is 2. The highest BCUT2D eigenvalue weighted by atomic mass is 16.4. The summed E-state index contributed by atoms with van der Waals surface area (Å²) in [5, 5.41) is 15.3. The Hall–Kier alpha value is -1.88. The highest BCUT2D eigenvalue weighted by Gasteiger charge is 2.29. The molecule has 1 aliphatic heterocycles. The summed E-state index contributed by atoms with van der Waals surface area (Å²) < 4.78 is 0. The van der Waals surface area contributed by atoms with Crippen LogP contribution in [0, 0.1) is 5.92 Å². The van der Waals surface area contributed by atoms with E-state index in [9.17, 15) is 14.7 Å². The molecule has 1 heterocycles. The smallest absolute Gasteiger partial charge is 0.313 e. The summed E-state index contributed by atoms with van der Waals surface area (Å²) >= 11 is 0. The lowest BCUT2D eigenvalue weighted by Gasteiger charge is -2.22. The first-order valence-corrected chi connectivity index (χ1v) is 7.27. The molecule has 1 atom stereocenters. The van der Waals surface area contributed by atoms with Gasteiger partial charge in [0.1, 0.15) is 0 Å². The van der Waals surface area contributed by atoms with Gasteiger partial charge < -0.3 is 15.7 Å². The number of carboxylic acids is 1. The van der Waals surface area contributed by atoms with Crippen LogP contribution >= 0.6 is 0 Å². The zero-order chi connectivity index (χ0) is 15.5. The van der Waals surface area contributed by atoms with Crippen LogP contribution in [0.3, 0.4) is 0 Å². The van der Waals surface area contributed by atoms with E-state index in [0.717, 1.165) is 25.9 Å². The van der Waals surface area contributed by atoms with E-state index in [0.29, 0.717) is 11.3 Å². The van der Waals surface area contributed by atoms with Crippen molar-refractivity contribution in [2.24, 2.45) is 5.92 Å². The van der Waals surface area contributed by atoms with Crippen LogP contribution in [0.5, 0.6) is 0 Å². The lowest BCUT2D eigenvalue weighted by molar-refractivity contribution is -0.142. The molecule has 3 N–H and O–H groups in total. The number of benzene rings is 1. The summed E-state index contributed by atoms with van der Waals surface area (Å²) in [5.41, 5.74) is 0.485. The van der Waals surface area contributed by atoms with Crippen LogP contribution in [-0.2, 0) is 15.0 Å². The van der Waals surface area contributed by atoms with Crippen molar-refractivity contribution in [1.82, 2.24) is 5.32 Å². The Morgan fingerprint density at radius 2 is 1.95 bits per heavy atom. The van der Waals surface area contributed by atoms with Crippen molar-refractivity contribution in [3.63, 3.8) is 0 Å². The van der Waals surface area contributed by atoms with Gasteiger partial charge >= 0.3 is 5.97 Å². The molecule has 1 fully saturated rings. The molecule has 114 valence electrons. The molecule has 0 radical (unpaired) electrons. The lowest BCUT2D eigenvalue weighted by Crippen LogP contribution is -2.37. The van der Waals surface area contributed by atoms with Crippen LogP contribution in [0.25, 0.3) is 0 Å². The number of amides is 1. The van der Waals surface area contributed by atoms with Gasteiger partial charge in [-0.15, -0.1) is 0 Å². The summed E-state index contributed by atoms with van der Waals surface area (Å²) in [6.45, 7) is 5.02. The Bertz CT molecular complexity index is 517. The van der Waals surface area contributed by atoms with Gasteiger partial charge in [-0.25, -0.2) is 0 Å². The maximum Gasteiger partial charge on any atom is 0.313 e. The van der Waals surface area contributed by atoms with E-state index in [4.69, 9.17) is 0 Å². The van der Waals surface area contributed by atoms with E-state index in [-0.39, 0.29) is 11.8 Å². The van der Waals surface area contributed by atoms with Gasteiger partial charge in [0, 0.05) is 12.2 Å². The molecule has 1 aliphatic rings. The molecule has 2 rings (SSSR count). The summed E-state index contributed by atoms with van der Waals surface area (Å²) in [4.78, 5) is 23.3. The van der Waals surface area contributed by atoms with Crippen molar-refractivity contribution in [2.45, 2.75) is 32.1 Å². The number of anilines is 1. The van der Waals surface area contributed by atoms with Gasteiger partial charge in [0.2, 0.25) is 5.91 Å². The van der Waals surface area contributed by atoms with Crippen LogP contribution < -0.4 is 10.6 Å². The Morgan fingerprint density at radius 1 is 1.29 bits per heavy atom. The van der Waals surface area contributed by atoms with Crippen LogP contribution in [0.4, 0.5) is 5.69 Å². The quantitative estimate of drug-likeness (QED) is 0.792. The largest absolute Gasteiger partial charge is 0.481 e. The number of nitrogens with one attached hydrogen (secondary N) is 2. The van der Waals surface area contributed by atoms with Gasteiger partial charge in [0.25, 0.3) is 0 Å². The van der Waals surface area contributed by atoms with E-state index >= 15 is 0 Å². The number of hydrogen-bond donors (Lipinski definition) is 3. The van der Waals surface area contributed by atoms with E-state index in [1.165, 1.54) is 0 Å². The number of carbonyl (C=O) groups excluding carboxylic acids is 1. The van der Waals surface area contributed by atoms with Gasteiger partial charge in [-0.2, -0.15) is 0 Å². The molecule has 1 aromatic carbocycles. The maximum absolute atomic E-state index is 12.1. The zero-order valence-electron chi connectivity index (χ0n) is 12.5. The maximum atomic E-state index is 12.1. The monoisotopic (exact) mass is 290 g/mol. The average molecular weight is 290 g/mol. The standard InChI is InChI=1S/C16H22N2O3/c1-16(2,15(20)21)12-5-7-13(8-6-12)18-14(19)11-4-3-9-17-10-11/h5-8,11,17H,3-4,9-10H2,1-2H3,(H,18,19)(H,20,21). The number of aliphatic carboxylic acids is 1.